The average Bonchev–Trinajstić information content (AvgIpc) is 3.02. The van der Waals surface area contributed by atoms with E-state index in [1.807, 2.05) is 0 Å². The molecule has 3 rings (SSSR count). The molecule has 17 heavy (non-hydrogen) atoms. The summed E-state index contributed by atoms with van der Waals surface area (Å²) in [7, 11) is 0. The molecule has 1 saturated heterocycles. The summed E-state index contributed by atoms with van der Waals surface area (Å²) < 4.78 is 10.9. The Morgan fingerprint density at radius 3 is 2.59 bits per heavy atom. The van der Waals surface area contributed by atoms with E-state index in [4.69, 9.17) is 15.2 Å². The second-order valence-electron chi connectivity index (χ2n) is 4.99. The minimum absolute atomic E-state index is 0.0676. The molecule has 3 atom stereocenters. The lowest BCUT2D eigenvalue weighted by atomic mass is 10.0. The van der Waals surface area contributed by atoms with Crippen molar-refractivity contribution in [1.82, 2.24) is 0 Å². The van der Waals surface area contributed by atoms with Gasteiger partial charge in [0.1, 0.15) is 0 Å². The summed E-state index contributed by atoms with van der Waals surface area (Å²) in [4.78, 5) is 0. The van der Waals surface area contributed by atoms with E-state index in [0.717, 1.165) is 6.42 Å². The Kier molecular flexibility index (Phi) is 3.14. The van der Waals surface area contributed by atoms with Crippen LogP contribution in [0.1, 0.15) is 24.3 Å². The van der Waals surface area contributed by atoms with Crippen molar-refractivity contribution in [2.45, 2.75) is 31.1 Å². The van der Waals surface area contributed by atoms with E-state index in [-0.39, 0.29) is 12.3 Å². The van der Waals surface area contributed by atoms with Crippen LogP contribution in [0.25, 0.3) is 0 Å². The minimum Gasteiger partial charge on any atom is -0.350 e. The highest BCUT2D eigenvalue weighted by Gasteiger charge is 2.43. The number of hydrogen-bond donors (Lipinski definition) is 1. The molecular weight excluding hydrogens is 214 g/mol. The molecule has 0 radical (unpaired) electrons. The first-order chi connectivity index (χ1) is 8.34. The molecule has 1 aromatic rings. The van der Waals surface area contributed by atoms with Crippen molar-refractivity contribution in [2.75, 3.05) is 13.2 Å². The average molecular weight is 233 g/mol. The Labute approximate surface area is 102 Å². The predicted octanol–water partition coefficient (Wildman–Crippen LogP) is 1.88. The van der Waals surface area contributed by atoms with E-state index < -0.39 is 0 Å². The predicted molar refractivity (Wildman–Crippen MR) is 65.6 cm³/mol. The van der Waals surface area contributed by atoms with Gasteiger partial charge in [0.25, 0.3) is 0 Å². The molecule has 0 spiro atoms. The lowest BCUT2D eigenvalue weighted by Gasteiger charge is -2.15. The zero-order chi connectivity index (χ0) is 11.7. The molecular formula is C14H19NO2. The summed E-state index contributed by atoms with van der Waals surface area (Å²) in [6.07, 6.45) is 1.97. The topological polar surface area (TPSA) is 44.5 Å². The third-order valence-corrected chi connectivity index (χ3v) is 3.77. The Balaban J connectivity index is 1.53. The van der Waals surface area contributed by atoms with Crippen molar-refractivity contribution < 1.29 is 9.47 Å². The van der Waals surface area contributed by atoms with Gasteiger partial charge in [-0.15, -0.1) is 0 Å². The number of nitrogens with two attached hydrogens (primary N) is 1. The molecule has 1 heterocycles. The van der Waals surface area contributed by atoms with Crippen molar-refractivity contribution in [3.8, 4) is 0 Å². The molecule has 3 unspecified atom stereocenters. The minimum atomic E-state index is -0.0676. The molecule has 1 aliphatic heterocycles. The number of rotatable bonds is 4. The molecule has 1 aromatic carbocycles. The third-order valence-electron chi connectivity index (χ3n) is 3.77. The van der Waals surface area contributed by atoms with Gasteiger partial charge in [-0.05, 0) is 23.8 Å². The Hall–Kier alpha value is -0.900. The van der Waals surface area contributed by atoms with Gasteiger partial charge >= 0.3 is 0 Å². The van der Waals surface area contributed by atoms with Gasteiger partial charge in [0.05, 0.1) is 13.2 Å². The van der Waals surface area contributed by atoms with Crippen LogP contribution in [0.2, 0.25) is 0 Å². The molecule has 92 valence electrons. The highest BCUT2D eigenvalue weighted by atomic mass is 16.7. The van der Waals surface area contributed by atoms with Gasteiger partial charge in [-0.25, -0.2) is 0 Å². The highest BCUT2D eigenvalue weighted by molar-refractivity contribution is 5.26. The molecule has 0 bridgehead atoms. The van der Waals surface area contributed by atoms with Crippen LogP contribution < -0.4 is 5.73 Å². The molecule has 3 heteroatoms. The molecule has 3 nitrogen and oxygen atoms in total. The van der Waals surface area contributed by atoms with Crippen LogP contribution in [0.4, 0.5) is 0 Å². The SMILES string of the molecule is NC(CC1OCCO1)C1CC1c1ccccc1. The van der Waals surface area contributed by atoms with E-state index >= 15 is 0 Å². The van der Waals surface area contributed by atoms with Crippen LogP contribution in [0.5, 0.6) is 0 Å². The maximum Gasteiger partial charge on any atom is 0.159 e. The lowest BCUT2D eigenvalue weighted by molar-refractivity contribution is -0.0517. The summed E-state index contributed by atoms with van der Waals surface area (Å²) in [5, 5.41) is 0. The first-order valence-corrected chi connectivity index (χ1v) is 6.38. The van der Waals surface area contributed by atoms with Gasteiger partial charge < -0.3 is 15.2 Å². The number of hydrogen-bond acceptors (Lipinski definition) is 3. The van der Waals surface area contributed by atoms with Gasteiger partial charge in [-0.1, -0.05) is 30.3 Å². The van der Waals surface area contributed by atoms with Crippen molar-refractivity contribution in [2.24, 2.45) is 11.7 Å². The highest BCUT2D eigenvalue weighted by Crippen LogP contribution is 2.49. The molecule has 1 aliphatic carbocycles. The lowest BCUT2D eigenvalue weighted by Crippen LogP contribution is -2.29. The van der Waals surface area contributed by atoms with Gasteiger partial charge in [0.15, 0.2) is 6.29 Å². The van der Waals surface area contributed by atoms with E-state index in [2.05, 4.69) is 30.3 Å². The van der Waals surface area contributed by atoms with Crippen LogP contribution in [0, 0.1) is 5.92 Å². The quantitative estimate of drug-likeness (QED) is 0.863. The van der Waals surface area contributed by atoms with E-state index in [1.165, 1.54) is 12.0 Å². The van der Waals surface area contributed by atoms with Crippen molar-refractivity contribution in [3.05, 3.63) is 35.9 Å². The van der Waals surface area contributed by atoms with Gasteiger partial charge in [-0.2, -0.15) is 0 Å². The molecule has 0 amide bonds. The fraction of sp³-hybridized carbons (Fsp3) is 0.571. The van der Waals surface area contributed by atoms with Crippen molar-refractivity contribution in [1.29, 1.82) is 0 Å². The Morgan fingerprint density at radius 2 is 1.88 bits per heavy atom. The standard InChI is InChI=1S/C14H19NO2/c15-13(9-14-16-6-7-17-14)12-8-11(12)10-4-2-1-3-5-10/h1-5,11-14H,6-9,15H2. The van der Waals surface area contributed by atoms with Crippen LogP contribution in [0.15, 0.2) is 30.3 Å². The number of ether oxygens (including phenoxy) is 2. The molecule has 2 N–H and O–H groups in total. The largest absolute Gasteiger partial charge is 0.350 e. The fourth-order valence-electron chi connectivity index (χ4n) is 2.71. The van der Waals surface area contributed by atoms with Crippen LogP contribution in [0.3, 0.4) is 0 Å². The summed E-state index contributed by atoms with van der Waals surface area (Å²) >= 11 is 0. The van der Waals surface area contributed by atoms with Crippen molar-refractivity contribution >= 4 is 0 Å². The van der Waals surface area contributed by atoms with E-state index in [1.54, 1.807) is 0 Å². The van der Waals surface area contributed by atoms with Crippen LogP contribution in [-0.4, -0.2) is 25.5 Å². The van der Waals surface area contributed by atoms with Gasteiger partial charge in [0.2, 0.25) is 0 Å². The summed E-state index contributed by atoms with van der Waals surface area (Å²) in [6, 6.07) is 10.8. The number of benzene rings is 1. The van der Waals surface area contributed by atoms with E-state index in [0.29, 0.717) is 25.0 Å². The summed E-state index contributed by atoms with van der Waals surface area (Å²) in [5.41, 5.74) is 7.64. The van der Waals surface area contributed by atoms with Crippen LogP contribution in [-0.2, 0) is 9.47 Å². The maximum atomic E-state index is 6.23. The molecule has 0 aromatic heterocycles. The van der Waals surface area contributed by atoms with Crippen LogP contribution >= 0.6 is 0 Å². The van der Waals surface area contributed by atoms with Gasteiger partial charge in [0, 0.05) is 12.5 Å². The third kappa shape index (κ3) is 2.51. The molecule has 2 aliphatic rings. The first-order valence-electron chi connectivity index (χ1n) is 6.38. The van der Waals surface area contributed by atoms with Crippen molar-refractivity contribution in [3.63, 3.8) is 0 Å². The normalized spacial score (nSPS) is 30.4. The fourth-order valence-corrected chi connectivity index (χ4v) is 2.71. The first kappa shape index (κ1) is 11.2. The second-order valence-corrected chi connectivity index (χ2v) is 4.99. The molecule has 2 fully saturated rings. The maximum absolute atomic E-state index is 6.23. The Bertz CT molecular complexity index is 362. The van der Waals surface area contributed by atoms with Gasteiger partial charge in [-0.3, -0.25) is 0 Å². The monoisotopic (exact) mass is 233 g/mol. The zero-order valence-electron chi connectivity index (χ0n) is 9.92. The summed E-state index contributed by atoms with van der Waals surface area (Å²) in [6.45, 7) is 1.42. The molecule has 1 saturated carbocycles. The van der Waals surface area contributed by atoms with E-state index in [9.17, 15) is 0 Å². The zero-order valence-corrected chi connectivity index (χ0v) is 9.92. The Morgan fingerprint density at radius 1 is 1.18 bits per heavy atom. The smallest absolute Gasteiger partial charge is 0.159 e. The second kappa shape index (κ2) is 4.77. The summed E-state index contributed by atoms with van der Waals surface area (Å²) in [5.74, 6) is 1.25.